The maximum absolute atomic E-state index is 11.3. The molecule has 0 aromatic carbocycles. The summed E-state index contributed by atoms with van der Waals surface area (Å²) in [5.74, 6) is -1.42. The van der Waals surface area contributed by atoms with Crippen molar-refractivity contribution in [3.05, 3.63) is 24.0 Å². The van der Waals surface area contributed by atoms with Gasteiger partial charge in [-0.05, 0) is 12.1 Å². The van der Waals surface area contributed by atoms with Crippen molar-refractivity contribution in [2.75, 3.05) is 5.32 Å². The Bertz CT molecular complexity index is 388. The standard InChI is InChI=1S/C10H12N2O3/c1-6(2)9(13)12-7-3-4-11-8(5-7)10(14)15/h3-6H,1-2H3,(H,14,15)(H,11,12,13). The maximum atomic E-state index is 11.3. The molecule has 0 fully saturated rings. The highest BCUT2D eigenvalue weighted by Crippen LogP contribution is 2.09. The van der Waals surface area contributed by atoms with Crippen LogP contribution in [0.3, 0.4) is 0 Å². The van der Waals surface area contributed by atoms with E-state index >= 15 is 0 Å². The van der Waals surface area contributed by atoms with E-state index < -0.39 is 5.97 Å². The summed E-state index contributed by atoms with van der Waals surface area (Å²) in [6, 6.07) is 2.87. The molecular formula is C10H12N2O3. The predicted molar refractivity (Wildman–Crippen MR) is 54.7 cm³/mol. The monoisotopic (exact) mass is 208 g/mol. The Balaban J connectivity index is 2.83. The number of anilines is 1. The van der Waals surface area contributed by atoms with Crippen molar-refractivity contribution in [1.82, 2.24) is 4.98 Å². The first kappa shape index (κ1) is 11.2. The van der Waals surface area contributed by atoms with Gasteiger partial charge in [-0.2, -0.15) is 0 Å². The number of aromatic carboxylic acids is 1. The Morgan fingerprint density at radius 1 is 1.47 bits per heavy atom. The molecule has 80 valence electrons. The minimum absolute atomic E-state index is 0.0865. The van der Waals surface area contributed by atoms with E-state index in [4.69, 9.17) is 5.11 Å². The van der Waals surface area contributed by atoms with E-state index in [2.05, 4.69) is 10.3 Å². The van der Waals surface area contributed by atoms with Gasteiger partial charge in [-0.15, -0.1) is 0 Å². The summed E-state index contributed by atoms with van der Waals surface area (Å²) in [5.41, 5.74) is 0.359. The van der Waals surface area contributed by atoms with Gasteiger partial charge in [0, 0.05) is 17.8 Å². The molecular weight excluding hydrogens is 196 g/mol. The summed E-state index contributed by atoms with van der Waals surface area (Å²) in [7, 11) is 0. The Hall–Kier alpha value is -1.91. The van der Waals surface area contributed by atoms with Crippen LogP contribution in [0.1, 0.15) is 24.3 Å². The second-order valence-electron chi connectivity index (χ2n) is 3.38. The minimum Gasteiger partial charge on any atom is -0.477 e. The van der Waals surface area contributed by atoms with Crippen molar-refractivity contribution in [2.45, 2.75) is 13.8 Å². The number of carboxylic acid groups (broad SMARTS) is 1. The van der Waals surface area contributed by atoms with Crippen LogP contribution >= 0.6 is 0 Å². The number of nitrogens with one attached hydrogen (secondary N) is 1. The third kappa shape index (κ3) is 3.05. The molecule has 0 atom stereocenters. The maximum Gasteiger partial charge on any atom is 0.354 e. The normalized spacial score (nSPS) is 10.1. The Morgan fingerprint density at radius 2 is 2.13 bits per heavy atom. The fourth-order valence-electron chi connectivity index (χ4n) is 0.912. The van der Waals surface area contributed by atoms with Crippen LogP contribution in [-0.2, 0) is 4.79 Å². The van der Waals surface area contributed by atoms with E-state index in [0.29, 0.717) is 5.69 Å². The average Bonchev–Trinajstić information content (AvgIpc) is 2.18. The summed E-state index contributed by atoms with van der Waals surface area (Å²) in [5, 5.41) is 11.3. The van der Waals surface area contributed by atoms with Gasteiger partial charge in [0.15, 0.2) is 0 Å². The molecule has 1 aromatic rings. The predicted octanol–water partition coefficient (Wildman–Crippen LogP) is 1.37. The van der Waals surface area contributed by atoms with Crippen molar-refractivity contribution < 1.29 is 14.7 Å². The molecule has 0 aliphatic heterocycles. The highest BCUT2D eigenvalue weighted by atomic mass is 16.4. The van der Waals surface area contributed by atoms with Crippen molar-refractivity contribution in [2.24, 2.45) is 5.92 Å². The van der Waals surface area contributed by atoms with Crippen molar-refractivity contribution >= 4 is 17.6 Å². The first-order valence-electron chi connectivity index (χ1n) is 4.51. The Kier molecular flexibility index (Phi) is 3.38. The molecule has 1 amide bonds. The molecule has 1 aromatic heterocycles. The van der Waals surface area contributed by atoms with Crippen LogP contribution in [0.15, 0.2) is 18.3 Å². The second kappa shape index (κ2) is 4.54. The summed E-state index contributed by atoms with van der Waals surface area (Å²) >= 11 is 0. The molecule has 0 spiro atoms. The topological polar surface area (TPSA) is 79.3 Å². The van der Waals surface area contributed by atoms with Gasteiger partial charge in [0.1, 0.15) is 5.69 Å². The molecule has 5 heteroatoms. The van der Waals surface area contributed by atoms with Gasteiger partial charge in [-0.25, -0.2) is 9.78 Å². The van der Waals surface area contributed by atoms with Gasteiger partial charge in [0.2, 0.25) is 5.91 Å². The van der Waals surface area contributed by atoms with Crippen LogP contribution in [0.4, 0.5) is 5.69 Å². The van der Waals surface area contributed by atoms with Gasteiger partial charge in [-0.1, -0.05) is 13.8 Å². The number of carbonyl (C=O) groups excluding carboxylic acids is 1. The van der Waals surface area contributed by atoms with E-state index in [0.717, 1.165) is 0 Å². The smallest absolute Gasteiger partial charge is 0.354 e. The summed E-state index contributed by atoms with van der Waals surface area (Å²) in [6.45, 7) is 3.52. The summed E-state index contributed by atoms with van der Waals surface area (Å²) < 4.78 is 0. The lowest BCUT2D eigenvalue weighted by Gasteiger charge is -2.07. The summed E-state index contributed by atoms with van der Waals surface area (Å²) in [4.78, 5) is 25.6. The zero-order chi connectivity index (χ0) is 11.4. The van der Waals surface area contributed by atoms with E-state index in [1.807, 2.05) is 0 Å². The van der Waals surface area contributed by atoms with Crippen LogP contribution in [-0.4, -0.2) is 22.0 Å². The van der Waals surface area contributed by atoms with Gasteiger partial charge in [0.05, 0.1) is 0 Å². The lowest BCUT2D eigenvalue weighted by atomic mass is 10.2. The average molecular weight is 208 g/mol. The van der Waals surface area contributed by atoms with E-state index in [1.54, 1.807) is 19.9 Å². The van der Waals surface area contributed by atoms with Gasteiger partial charge in [0.25, 0.3) is 0 Å². The molecule has 0 aliphatic rings. The second-order valence-corrected chi connectivity index (χ2v) is 3.38. The third-order valence-corrected chi connectivity index (χ3v) is 1.77. The van der Waals surface area contributed by atoms with Gasteiger partial charge < -0.3 is 10.4 Å². The van der Waals surface area contributed by atoms with Gasteiger partial charge >= 0.3 is 5.97 Å². The van der Waals surface area contributed by atoms with Crippen LogP contribution in [0.5, 0.6) is 0 Å². The highest BCUT2D eigenvalue weighted by Gasteiger charge is 2.09. The fraction of sp³-hybridized carbons (Fsp3) is 0.300. The van der Waals surface area contributed by atoms with Crippen molar-refractivity contribution in [3.63, 3.8) is 0 Å². The minimum atomic E-state index is -1.12. The molecule has 5 nitrogen and oxygen atoms in total. The molecule has 1 rings (SSSR count). The Morgan fingerprint density at radius 3 is 2.67 bits per heavy atom. The van der Waals surface area contributed by atoms with E-state index in [-0.39, 0.29) is 17.5 Å². The molecule has 0 saturated carbocycles. The van der Waals surface area contributed by atoms with Crippen LogP contribution in [0, 0.1) is 5.92 Å². The molecule has 15 heavy (non-hydrogen) atoms. The van der Waals surface area contributed by atoms with Crippen LogP contribution in [0.2, 0.25) is 0 Å². The van der Waals surface area contributed by atoms with Gasteiger partial charge in [-0.3, -0.25) is 4.79 Å². The molecule has 0 aliphatic carbocycles. The lowest BCUT2D eigenvalue weighted by Crippen LogP contribution is -2.18. The molecule has 0 saturated heterocycles. The number of rotatable bonds is 3. The number of nitrogens with zero attached hydrogens (tertiary/aromatic N) is 1. The first-order chi connectivity index (χ1) is 7.00. The number of carbonyl (C=O) groups is 2. The van der Waals surface area contributed by atoms with E-state index in [9.17, 15) is 9.59 Å². The largest absolute Gasteiger partial charge is 0.477 e. The summed E-state index contributed by atoms with van der Waals surface area (Å²) in [6.07, 6.45) is 1.35. The molecule has 0 bridgehead atoms. The fourth-order valence-corrected chi connectivity index (χ4v) is 0.912. The number of carboxylic acids is 1. The highest BCUT2D eigenvalue weighted by molar-refractivity contribution is 5.93. The molecule has 2 N–H and O–H groups in total. The molecule has 0 unspecified atom stereocenters. The number of amides is 1. The zero-order valence-corrected chi connectivity index (χ0v) is 8.52. The van der Waals surface area contributed by atoms with E-state index in [1.165, 1.54) is 12.3 Å². The third-order valence-electron chi connectivity index (χ3n) is 1.77. The Labute approximate surface area is 87.1 Å². The number of hydrogen-bond acceptors (Lipinski definition) is 3. The molecule has 0 radical (unpaired) electrons. The first-order valence-corrected chi connectivity index (χ1v) is 4.51. The lowest BCUT2D eigenvalue weighted by molar-refractivity contribution is -0.118. The number of pyridine rings is 1. The van der Waals surface area contributed by atoms with Crippen molar-refractivity contribution in [3.8, 4) is 0 Å². The number of aromatic nitrogens is 1. The van der Waals surface area contributed by atoms with Crippen LogP contribution in [0.25, 0.3) is 0 Å². The zero-order valence-electron chi connectivity index (χ0n) is 8.52. The quantitative estimate of drug-likeness (QED) is 0.786. The molecule has 1 heterocycles. The van der Waals surface area contributed by atoms with Crippen molar-refractivity contribution in [1.29, 1.82) is 0 Å². The van der Waals surface area contributed by atoms with Crippen LogP contribution < -0.4 is 5.32 Å². The SMILES string of the molecule is CC(C)C(=O)Nc1ccnc(C(=O)O)c1. The number of hydrogen-bond donors (Lipinski definition) is 2.